The molecule has 0 aliphatic carbocycles. The van der Waals surface area contributed by atoms with Crippen LogP contribution in [-0.4, -0.2) is 105 Å². The lowest BCUT2D eigenvalue weighted by atomic mass is 9.84. The number of hydrogen-bond donors (Lipinski definition) is 1. The van der Waals surface area contributed by atoms with Gasteiger partial charge in [0.05, 0.1) is 24.5 Å². The third-order valence-electron chi connectivity index (χ3n) is 10.2. The van der Waals surface area contributed by atoms with Crippen LogP contribution in [0.5, 0.6) is 5.75 Å². The van der Waals surface area contributed by atoms with Gasteiger partial charge in [0.15, 0.2) is 0 Å². The van der Waals surface area contributed by atoms with Gasteiger partial charge in [-0.15, -0.1) is 0 Å². The van der Waals surface area contributed by atoms with E-state index in [-0.39, 0.29) is 29.6 Å². The second-order valence-corrected chi connectivity index (χ2v) is 13.3. The first kappa shape index (κ1) is 34.5. The number of anilines is 1. The highest BCUT2D eigenvalue weighted by Gasteiger charge is 2.42. The molecule has 0 radical (unpaired) electrons. The van der Waals surface area contributed by atoms with Crippen LogP contribution in [0.25, 0.3) is 0 Å². The fourth-order valence-electron chi connectivity index (χ4n) is 7.34. The van der Waals surface area contributed by atoms with Crippen molar-refractivity contribution in [3.05, 3.63) is 59.2 Å². The van der Waals surface area contributed by atoms with Crippen LogP contribution >= 0.6 is 0 Å². The molecule has 2 atom stereocenters. The van der Waals surface area contributed by atoms with Crippen molar-refractivity contribution in [3.63, 3.8) is 0 Å². The summed E-state index contributed by atoms with van der Waals surface area (Å²) in [6, 6.07) is 11.7. The molecule has 3 fully saturated rings. The lowest BCUT2D eigenvalue weighted by Crippen LogP contribution is -2.43. The van der Waals surface area contributed by atoms with E-state index in [1.807, 2.05) is 34.1 Å². The van der Waals surface area contributed by atoms with Crippen LogP contribution in [-0.2, 0) is 20.6 Å². The second-order valence-electron chi connectivity index (χ2n) is 13.3. The number of ether oxygens (including phenoxy) is 1. The molecule has 0 spiro atoms. The van der Waals surface area contributed by atoms with Crippen molar-refractivity contribution in [2.75, 3.05) is 71.9 Å². The van der Waals surface area contributed by atoms with Crippen LogP contribution in [0, 0.1) is 11.8 Å². The number of amides is 2. The predicted octanol–water partition coefficient (Wildman–Crippen LogP) is 4.91. The molecule has 0 unspecified atom stereocenters. The van der Waals surface area contributed by atoms with Gasteiger partial charge in [-0.1, -0.05) is 18.2 Å². The molecule has 47 heavy (non-hydrogen) atoms. The van der Waals surface area contributed by atoms with E-state index in [0.29, 0.717) is 83.6 Å². The Labute approximate surface area is 274 Å². The highest BCUT2D eigenvalue weighted by atomic mass is 19.4. The first-order valence-corrected chi connectivity index (χ1v) is 16.4. The molecular formula is C35H45F3N4O5. The summed E-state index contributed by atoms with van der Waals surface area (Å²) in [5.41, 5.74) is 1.67. The minimum Gasteiger partial charge on any atom is -0.497 e. The number of piperidine rings is 2. The number of carbonyl (C=O) groups is 3. The largest absolute Gasteiger partial charge is 0.497 e. The van der Waals surface area contributed by atoms with Crippen LogP contribution in [0.4, 0.5) is 18.9 Å². The first-order chi connectivity index (χ1) is 22.3. The molecule has 256 valence electrons. The number of halogens is 3. The first-order valence-electron chi connectivity index (χ1n) is 16.4. The highest BCUT2D eigenvalue weighted by Crippen LogP contribution is 2.41. The minimum absolute atomic E-state index is 0.0250. The Kier molecular flexibility index (Phi) is 10.7. The van der Waals surface area contributed by atoms with Gasteiger partial charge in [-0.3, -0.25) is 14.4 Å². The molecule has 3 aliphatic rings. The normalized spacial score (nSPS) is 21.6. The van der Waals surface area contributed by atoms with E-state index in [1.165, 1.54) is 6.07 Å². The van der Waals surface area contributed by atoms with Gasteiger partial charge in [0.1, 0.15) is 5.75 Å². The van der Waals surface area contributed by atoms with Gasteiger partial charge < -0.3 is 29.4 Å². The van der Waals surface area contributed by atoms with Crippen molar-refractivity contribution in [2.45, 2.75) is 50.1 Å². The summed E-state index contributed by atoms with van der Waals surface area (Å²) in [5.74, 6) is -0.876. The average molecular weight is 659 g/mol. The zero-order valence-electron chi connectivity index (χ0n) is 27.3. The van der Waals surface area contributed by atoms with E-state index < -0.39 is 23.6 Å². The van der Waals surface area contributed by atoms with Crippen molar-refractivity contribution in [1.82, 2.24) is 14.7 Å². The number of likely N-dealkylation sites (tertiary alicyclic amines) is 2. The molecule has 3 saturated heterocycles. The SMILES string of the molecule is COc1ccc([C@@H]2CN(CCC(=O)N(C)C)C[C@H]2C(=O)N2CCC(c3ccc(C(F)(F)F)cc3N3CCC(C(=O)O)CC3)CC2)cc1. The number of rotatable bonds is 9. The van der Waals surface area contributed by atoms with Crippen LogP contribution in [0.1, 0.15) is 60.6 Å². The van der Waals surface area contributed by atoms with Crippen molar-refractivity contribution >= 4 is 23.5 Å². The molecule has 2 aromatic rings. The Morgan fingerprint density at radius 3 is 2.17 bits per heavy atom. The summed E-state index contributed by atoms with van der Waals surface area (Å²) < 4.78 is 46.5. The van der Waals surface area contributed by atoms with Crippen LogP contribution in [0.2, 0.25) is 0 Å². The van der Waals surface area contributed by atoms with Crippen LogP contribution in [0.3, 0.4) is 0 Å². The van der Waals surface area contributed by atoms with E-state index in [9.17, 15) is 32.7 Å². The molecule has 3 aliphatic heterocycles. The Morgan fingerprint density at radius 1 is 0.936 bits per heavy atom. The summed E-state index contributed by atoms with van der Waals surface area (Å²) in [6.07, 6.45) is -2.10. The summed E-state index contributed by atoms with van der Waals surface area (Å²) >= 11 is 0. The molecule has 0 aromatic heterocycles. The standard InChI is InChI=1S/C35H45F3N4O5/c1-39(2)32(43)14-15-40-21-29(23-4-7-27(47-3)8-5-23)30(22-40)33(44)42-18-10-24(11-19-42)28-9-6-26(35(36,37)38)20-31(28)41-16-12-25(13-17-41)34(45)46/h4-9,20,24-25,29-30H,10-19,21-22H2,1-3H3,(H,45,46)/t29-,30+/m0/s1. The third-order valence-corrected chi connectivity index (χ3v) is 10.2. The number of nitrogens with zero attached hydrogens (tertiary/aromatic N) is 4. The van der Waals surface area contributed by atoms with Crippen molar-refractivity contribution in [3.8, 4) is 5.75 Å². The number of aliphatic carboxylic acids is 1. The maximum atomic E-state index is 14.1. The summed E-state index contributed by atoms with van der Waals surface area (Å²) in [6.45, 7) is 3.53. The van der Waals surface area contributed by atoms with Gasteiger partial charge >= 0.3 is 12.1 Å². The van der Waals surface area contributed by atoms with Crippen LogP contribution < -0.4 is 9.64 Å². The van der Waals surface area contributed by atoms with Crippen molar-refractivity contribution < 1.29 is 37.4 Å². The Morgan fingerprint density at radius 2 is 1.60 bits per heavy atom. The maximum Gasteiger partial charge on any atom is 0.416 e. The fraction of sp³-hybridized carbons (Fsp3) is 0.571. The van der Waals surface area contributed by atoms with E-state index in [1.54, 1.807) is 32.2 Å². The van der Waals surface area contributed by atoms with Crippen LogP contribution in [0.15, 0.2) is 42.5 Å². The Hall–Kier alpha value is -3.80. The smallest absolute Gasteiger partial charge is 0.416 e. The lowest BCUT2D eigenvalue weighted by Gasteiger charge is -2.38. The highest BCUT2D eigenvalue weighted by molar-refractivity contribution is 5.81. The van der Waals surface area contributed by atoms with Gasteiger partial charge in [-0.25, -0.2) is 0 Å². The maximum absolute atomic E-state index is 14.1. The molecule has 1 N–H and O–H groups in total. The van der Waals surface area contributed by atoms with Crippen molar-refractivity contribution in [1.29, 1.82) is 0 Å². The van der Waals surface area contributed by atoms with E-state index >= 15 is 0 Å². The molecule has 5 rings (SSSR count). The average Bonchev–Trinajstić information content (AvgIpc) is 3.50. The number of carboxylic acid groups (broad SMARTS) is 1. The summed E-state index contributed by atoms with van der Waals surface area (Å²) in [5, 5.41) is 9.42. The minimum atomic E-state index is -4.49. The number of benzene rings is 2. The number of carbonyl (C=O) groups excluding carboxylic acids is 2. The topological polar surface area (TPSA) is 93.6 Å². The van der Waals surface area contributed by atoms with Crippen molar-refractivity contribution in [2.24, 2.45) is 11.8 Å². The number of methoxy groups -OCH3 is 1. The lowest BCUT2D eigenvalue weighted by molar-refractivity contribution is -0.142. The van der Waals surface area contributed by atoms with E-state index in [2.05, 4.69) is 4.90 Å². The van der Waals surface area contributed by atoms with Gasteiger partial charge in [0.2, 0.25) is 11.8 Å². The molecule has 3 heterocycles. The van der Waals surface area contributed by atoms with Gasteiger partial charge in [-0.05, 0) is 67.0 Å². The number of hydrogen-bond acceptors (Lipinski definition) is 6. The monoisotopic (exact) mass is 658 g/mol. The Balaban J connectivity index is 1.30. The third kappa shape index (κ3) is 8.02. The van der Waals surface area contributed by atoms with Gasteiger partial charge in [-0.2, -0.15) is 13.2 Å². The summed E-state index contributed by atoms with van der Waals surface area (Å²) in [7, 11) is 5.08. The predicted molar refractivity (Wildman–Crippen MR) is 172 cm³/mol. The number of carboxylic acids is 1. The van der Waals surface area contributed by atoms with E-state index in [0.717, 1.165) is 22.9 Å². The van der Waals surface area contributed by atoms with E-state index in [4.69, 9.17) is 4.74 Å². The second kappa shape index (κ2) is 14.5. The molecule has 9 nitrogen and oxygen atoms in total. The fourth-order valence-corrected chi connectivity index (χ4v) is 7.34. The molecule has 12 heteroatoms. The molecule has 0 bridgehead atoms. The van der Waals surface area contributed by atoms with Gasteiger partial charge in [0.25, 0.3) is 0 Å². The zero-order chi connectivity index (χ0) is 33.9. The number of alkyl halides is 3. The zero-order valence-corrected chi connectivity index (χ0v) is 27.3. The summed E-state index contributed by atoms with van der Waals surface area (Å²) in [4.78, 5) is 45.5. The molecule has 2 aromatic carbocycles. The molecule has 0 saturated carbocycles. The Bertz CT molecular complexity index is 1420. The molecular weight excluding hydrogens is 613 g/mol. The molecule has 2 amide bonds. The van der Waals surface area contributed by atoms with Gasteiger partial charge in [0, 0.05) is 77.9 Å². The quantitative estimate of drug-likeness (QED) is 0.409.